The number of nitrogens with zero attached hydrogens (tertiary/aromatic N) is 7. The molecule has 0 saturated heterocycles. The van der Waals surface area contributed by atoms with Crippen molar-refractivity contribution in [2.75, 3.05) is 0 Å². The van der Waals surface area contributed by atoms with Gasteiger partial charge in [-0.25, -0.2) is 19.9 Å². The number of hydrogen-bond acceptors (Lipinski definition) is 5. The van der Waals surface area contributed by atoms with E-state index in [9.17, 15) is 4.39 Å². The molecule has 0 aliphatic carbocycles. The van der Waals surface area contributed by atoms with Gasteiger partial charge in [0, 0.05) is 43.0 Å². The number of halogens is 1. The molecule has 8 heteroatoms. The molecule has 0 spiro atoms. The summed E-state index contributed by atoms with van der Waals surface area (Å²) in [5.41, 5.74) is 2.57. The van der Waals surface area contributed by atoms with Crippen molar-refractivity contribution in [3.63, 3.8) is 0 Å². The average molecular weight is 361 g/mol. The van der Waals surface area contributed by atoms with Crippen molar-refractivity contribution in [2.24, 2.45) is 0 Å². The number of imidazole rings is 2. The van der Waals surface area contributed by atoms with Crippen molar-refractivity contribution in [3.05, 3.63) is 60.3 Å². The van der Waals surface area contributed by atoms with E-state index in [-0.39, 0.29) is 0 Å². The molecule has 0 aliphatic heterocycles. The van der Waals surface area contributed by atoms with Crippen LogP contribution in [0.4, 0.5) is 4.39 Å². The highest BCUT2D eigenvalue weighted by Gasteiger charge is 2.15. The lowest BCUT2D eigenvalue weighted by Crippen LogP contribution is -2.10. The Morgan fingerprint density at radius 3 is 2.85 bits per heavy atom. The van der Waals surface area contributed by atoms with Crippen molar-refractivity contribution < 1.29 is 4.39 Å². The zero-order valence-corrected chi connectivity index (χ0v) is 14.7. The monoisotopic (exact) mass is 361 g/mol. The first-order chi connectivity index (χ1) is 13.2. The van der Waals surface area contributed by atoms with E-state index in [0.29, 0.717) is 29.0 Å². The lowest BCUT2D eigenvalue weighted by Gasteiger charge is -2.10. The third-order valence-corrected chi connectivity index (χ3v) is 4.25. The maximum Gasteiger partial charge on any atom is 0.213 e. The van der Waals surface area contributed by atoms with Gasteiger partial charge in [0.25, 0.3) is 0 Å². The third kappa shape index (κ3) is 3.15. The molecule has 0 aromatic carbocycles. The van der Waals surface area contributed by atoms with Gasteiger partial charge in [-0.2, -0.15) is 9.65 Å². The molecule has 7 nitrogen and oxygen atoms in total. The predicted molar refractivity (Wildman–Crippen MR) is 97.1 cm³/mol. The van der Waals surface area contributed by atoms with E-state index in [1.165, 1.54) is 12.3 Å². The second kappa shape index (κ2) is 6.96. The summed E-state index contributed by atoms with van der Waals surface area (Å²) in [4.78, 5) is 17.0. The van der Waals surface area contributed by atoms with Gasteiger partial charge in [-0.05, 0) is 18.6 Å². The van der Waals surface area contributed by atoms with E-state index in [0.717, 1.165) is 24.4 Å². The van der Waals surface area contributed by atoms with Gasteiger partial charge in [0.15, 0.2) is 5.65 Å². The highest BCUT2D eigenvalue weighted by Crippen LogP contribution is 2.21. The van der Waals surface area contributed by atoms with Gasteiger partial charge in [-0.3, -0.25) is 0 Å². The average Bonchev–Trinajstić information content (AvgIpc) is 3.27. The Morgan fingerprint density at radius 1 is 1.19 bits per heavy atom. The maximum absolute atomic E-state index is 13.5. The first-order valence-electron chi connectivity index (χ1n) is 8.58. The normalized spacial score (nSPS) is 11.0. The number of nitriles is 1. The quantitative estimate of drug-likeness (QED) is 0.510. The van der Waals surface area contributed by atoms with Crippen LogP contribution < -0.4 is 0 Å². The van der Waals surface area contributed by atoms with Crippen molar-refractivity contribution in [1.29, 1.82) is 5.26 Å². The van der Waals surface area contributed by atoms with E-state index in [1.807, 2.05) is 15.3 Å². The number of fused-ring (bicyclic) bond motifs is 1. The highest BCUT2D eigenvalue weighted by atomic mass is 19.1. The summed E-state index contributed by atoms with van der Waals surface area (Å²) in [5, 5.41) is 9.10. The highest BCUT2D eigenvalue weighted by molar-refractivity contribution is 5.73. The van der Waals surface area contributed by atoms with Gasteiger partial charge in [0.2, 0.25) is 5.95 Å². The minimum atomic E-state index is -0.548. The van der Waals surface area contributed by atoms with Gasteiger partial charge in [-0.15, -0.1) is 0 Å². The molecule has 0 amide bonds. The van der Waals surface area contributed by atoms with Gasteiger partial charge >= 0.3 is 0 Å². The zero-order chi connectivity index (χ0) is 18.8. The summed E-state index contributed by atoms with van der Waals surface area (Å²) in [6.07, 6.45) is 7.40. The van der Waals surface area contributed by atoms with Crippen LogP contribution in [0.2, 0.25) is 0 Å². The Balaban J connectivity index is 1.77. The Bertz CT molecular complexity index is 1150. The standard InChI is InChI=1S/C19H16FN7/c1-2-6-27-17(25-15-8-13(10-21)11-24-19(15)27)12-26-7-5-23-18(26)14-3-4-22-16(20)9-14/h3-5,7-9,11H,2,6,12H2,1H3. The fourth-order valence-corrected chi connectivity index (χ4v) is 3.09. The van der Waals surface area contributed by atoms with Crippen LogP contribution in [0.3, 0.4) is 0 Å². The van der Waals surface area contributed by atoms with Crippen molar-refractivity contribution >= 4 is 11.2 Å². The topological polar surface area (TPSA) is 85.2 Å². The molecule has 27 heavy (non-hydrogen) atoms. The maximum atomic E-state index is 13.5. The molecule has 4 aromatic rings. The second-order valence-electron chi connectivity index (χ2n) is 6.10. The summed E-state index contributed by atoms with van der Waals surface area (Å²) >= 11 is 0. The summed E-state index contributed by atoms with van der Waals surface area (Å²) in [6.45, 7) is 3.30. The molecule has 0 radical (unpaired) electrons. The zero-order valence-electron chi connectivity index (χ0n) is 14.7. The molecule has 4 aromatic heterocycles. The number of rotatable bonds is 5. The van der Waals surface area contributed by atoms with Crippen molar-refractivity contribution in [2.45, 2.75) is 26.4 Å². The van der Waals surface area contributed by atoms with E-state index in [2.05, 4.69) is 32.9 Å². The fraction of sp³-hybridized carbons (Fsp3) is 0.211. The van der Waals surface area contributed by atoms with Crippen molar-refractivity contribution in [1.82, 2.24) is 29.1 Å². The molecule has 0 atom stereocenters. The van der Waals surface area contributed by atoms with Crippen LogP contribution in [-0.2, 0) is 13.1 Å². The smallest absolute Gasteiger partial charge is 0.213 e. The summed E-state index contributed by atoms with van der Waals surface area (Å²) in [5.74, 6) is 0.897. The van der Waals surface area contributed by atoms with Crippen LogP contribution in [0.15, 0.2) is 43.0 Å². The number of pyridine rings is 2. The Hall–Kier alpha value is -3.60. The molecule has 134 valence electrons. The largest absolute Gasteiger partial charge is 0.323 e. The molecule has 0 saturated carbocycles. The van der Waals surface area contributed by atoms with Gasteiger partial charge in [-0.1, -0.05) is 6.92 Å². The van der Waals surface area contributed by atoms with Crippen LogP contribution in [-0.4, -0.2) is 29.1 Å². The van der Waals surface area contributed by atoms with Crippen LogP contribution >= 0.6 is 0 Å². The molecular weight excluding hydrogens is 345 g/mol. The van der Waals surface area contributed by atoms with Gasteiger partial charge in [0.1, 0.15) is 23.2 Å². The fourth-order valence-electron chi connectivity index (χ4n) is 3.09. The molecule has 4 heterocycles. The number of aromatic nitrogens is 6. The first-order valence-corrected chi connectivity index (χ1v) is 8.58. The second-order valence-corrected chi connectivity index (χ2v) is 6.10. The van der Waals surface area contributed by atoms with Crippen LogP contribution in [0.1, 0.15) is 24.7 Å². The van der Waals surface area contributed by atoms with E-state index in [1.54, 1.807) is 24.5 Å². The molecule has 0 aliphatic rings. The number of hydrogen-bond donors (Lipinski definition) is 0. The van der Waals surface area contributed by atoms with E-state index >= 15 is 0 Å². The molecule has 0 fully saturated rings. The molecule has 0 N–H and O–H groups in total. The lowest BCUT2D eigenvalue weighted by molar-refractivity contribution is 0.583. The summed E-state index contributed by atoms with van der Waals surface area (Å²) < 4.78 is 17.5. The minimum absolute atomic E-state index is 0.456. The Morgan fingerprint density at radius 2 is 2.07 bits per heavy atom. The summed E-state index contributed by atoms with van der Waals surface area (Å²) in [6, 6.07) is 6.91. The molecule has 4 rings (SSSR count). The number of aryl methyl sites for hydroxylation is 1. The van der Waals surface area contributed by atoms with Crippen LogP contribution in [0.5, 0.6) is 0 Å². The Labute approximate surface area is 154 Å². The summed E-state index contributed by atoms with van der Waals surface area (Å²) in [7, 11) is 0. The first kappa shape index (κ1) is 16.8. The van der Waals surface area contributed by atoms with Gasteiger partial charge in [0.05, 0.1) is 12.1 Å². The van der Waals surface area contributed by atoms with Crippen LogP contribution in [0.25, 0.3) is 22.6 Å². The molecule has 0 unspecified atom stereocenters. The van der Waals surface area contributed by atoms with Crippen molar-refractivity contribution in [3.8, 4) is 17.5 Å². The van der Waals surface area contributed by atoms with Gasteiger partial charge < -0.3 is 9.13 Å². The molecule has 0 bridgehead atoms. The minimum Gasteiger partial charge on any atom is -0.323 e. The Kier molecular flexibility index (Phi) is 4.34. The predicted octanol–water partition coefficient (Wildman–Crippen LogP) is 3.16. The van der Waals surface area contributed by atoms with E-state index in [4.69, 9.17) is 5.26 Å². The molecular formula is C19H16FN7. The van der Waals surface area contributed by atoms with Crippen LogP contribution in [0, 0.1) is 17.3 Å². The van der Waals surface area contributed by atoms with E-state index < -0.39 is 5.95 Å². The lowest BCUT2D eigenvalue weighted by atomic mass is 10.2. The third-order valence-electron chi connectivity index (χ3n) is 4.25. The SMILES string of the molecule is CCCn1c(Cn2ccnc2-c2ccnc(F)c2)nc2cc(C#N)cnc21.